The Hall–Kier alpha value is -2.81. The van der Waals surface area contributed by atoms with Gasteiger partial charge in [0, 0.05) is 25.5 Å². The molecule has 33 heavy (non-hydrogen) atoms. The second-order valence-electron chi connectivity index (χ2n) is 8.10. The molecule has 0 saturated heterocycles. The van der Waals surface area contributed by atoms with Gasteiger partial charge < -0.3 is 9.84 Å². The van der Waals surface area contributed by atoms with E-state index in [1.807, 2.05) is 43.3 Å². The van der Waals surface area contributed by atoms with Crippen LogP contribution in [0.5, 0.6) is 5.75 Å². The van der Waals surface area contributed by atoms with Gasteiger partial charge in [-0.2, -0.15) is 4.31 Å². The van der Waals surface area contributed by atoms with Crippen LogP contribution in [-0.2, 0) is 29.5 Å². The first-order valence-corrected chi connectivity index (χ1v) is 12.4. The molecule has 2 atom stereocenters. The lowest BCUT2D eigenvalue weighted by Crippen LogP contribution is -2.40. The molecule has 2 aromatic carbocycles. The van der Waals surface area contributed by atoms with Crippen LogP contribution in [0.25, 0.3) is 0 Å². The van der Waals surface area contributed by atoms with Gasteiger partial charge in [-0.1, -0.05) is 43.3 Å². The Morgan fingerprint density at radius 1 is 0.939 bits per heavy atom. The van der Waals surface area contributed by atoms with Gasteiger partial charge in [0.2, 0.25) is 10.0 Å². The summed E-state index contributed by atoms with van der Waals surface area (Å²) in [4.78, 5) is 8.24. The monoisotopic (exact) mass is 469 g/mol. The molecule has 0 aliphatic rings. The molecule has 0 aliphatic carbocycles. The van der Waals surface area contributed by atoms with Crippen LogP contribution in [0.3, 0.4) is 0 Å². The van der Waals surface area contributed by atoms with Crippen molar-refractivity contribution in [2.24, 2.45) is 0 Å². The Bertz CT molecular complexity index is 1080. The molecule has 0 spiro atoms. The molecule has 0 aliphatic heterocycles. The van der Waals surface area contributed by atoms with Gasteiger partial charge in [0.05, 0.1) is 7.11 Å². The van der Waals surface area contributed by atoms with Crippen molar-refractivity contribution in [2.75, 3.05) is 7.11 Å². The number of aryl methyl sites for hydroxylation is 2. The van der Waals surface area contributed by atoms with Crippen molar-refractivity contribution >= 4 is 10.0 Å². The number of aromatic nitrogens is 2. The minimum absolute atomic E-state index is 0.0911. The van der Waals surface area contributed by atoms with Gasteiger partial charge in [0.25, 0.3) is 0 Å². The number of methoxy groups -OCH3 is 1. The number of hydrogen-bond acceptors (Lipinski definition) is 6. The van der Waals surface area contributed by atoms with E-state index in [2.05, 4.69) is 16.9 Å². The van der Waals surface area contributed by atoms with E-state index < -0.39 is 21.4 Å². The second-order valence-corrected chi connectivity index (χ2v) is 10.4. The maximum atomic E-state index is 13.7. The smallest absolute Gasteiger partial charge is 0.220 e. The van der Waals surface area contributed by atoms with E-state index in [1.165, 1.54) is 16.8 Å². The lowest BCUT2D eigenvalue weighted by Gasteiger charge is -2.28. The molecule has 0 amide bonds. The molecule has 176 valence electrons. The Labute approximate surface area is 196 Å². The lowest BCUT2D eigenvalue weighted by atomic mass is 10.1. The van der Waals surface area contributed by atoms with Crippen molar-refractivity contribution in [3.8, 4) is 5.75 Å². The molecule has 1 N–H and O–H groups in total. The molecule has 1 heterocycles. The number of rotatable bonds is 10. The van der Waals surface area contributed by atoms with Crippen molar-refractivity contribution in [3.05, 3.63) is 89.0 Å². The van der Waals surface area contributed by atoms with Crippen molar-refractivity contribution in [1.82, 2.24) is 14.3 Å². The van der Waals surface area contributed by atoms with E-state index in [4.69, 9.17) is 4.74 Å². The molecule has 0 saturated carbocycles. The number of aliphatic hydroxyl groups is 1. The first-order chi connectivity index (χ1) is 15.7. The summed E-state index contributed by atoms with van der Waals surface area (Å²) in [5.74, 6) is 0.789. The highest BCUT2D eigenvalue weighted by atomic mass is 32.2. The molecule has 0 radical (unpaired) electrons. The number of ether oxygens (including phenoxy) is 1. The van der Waals surface area contributed by atoms with Crippen LogP contribution in [0.2, 0.25) is 0 Å². The summed E-state index contributed by atoms with van der Waals surface area (Å²) in [6.07, 6.45) is 2.69. The van der Waals surface area contributed by atoms with Crippen LogP contribution in [0, 0.1) is 6.92 Å². The van der Waals surface area contributed by atoms with Gasteiger partial charge in [0.15, 0.2) is 5.82 Å². The fraction of sp³-hybridized carbons (Fsp3) is 0.360. The Kier molecular flexibility index (Phi) is 8.18. The van der Waals surface area contributed by atoms with Crippen molar-refractivity contribution in [2.45, 2.75) is 51.6 Å². The molecule has 0 fully saturated rings. The predicted octanol–water partition coefficient (Wildman–Crippen LogP) is 3.81. The van der Waals surface area contributed by atoms with Gasteiger partial charge in [-0.25, -0.2) is 18.4 Å². The van der Waals surface area contributed by atoms with Crippen LogP contribution in [0.1, 0.15) is 48.0 Å². The summed E-state index contributed by atoms with van der Waals surface area (Å²) in [6, 6.07) is 15.2. The fourth-order valence-corrected chi connectivity index (χ4v) is 4.99. The second kappa shape index (κ2) is 10.9. The highest BCUT2D eigenvalue weighted by Crippen LogP contribution is 2.26. The van der Waals surface area contributed by atoms with E-state index in [1.54, 1.807) is 31.6 Å². The molecule has 7 nitrogen and oxygen atoms in total. The minimum Gasteiger partial charge on any atom is -0.497 e. The molecule has 3 aromatic rings. The average Bonchev–Trinajstić information content (AvgIpc) is 2.84. The summed E-state index contributed by atoms with van der Waals surface area (Å²) in [5.41, 5.74) is 3.71. The molecule has 0 unspecified atom stereocenters. The van der Waals surface area contributed by atoms with Crippen LogP contribution in [0.4, 0.5) is 0 Å². The molecule has 0 bridgehead atoms. The Morgan fingerprint density at radius 2 is 1.42 bits per heavy atom. The number of hydrogen-bond donors (Lipinski definition) is 1. The zero-order valence-corrected chi connectivity index (χ0v) is 20.3. The first-order valence-electron chi connectivity index (χ1n) is 10.9. The number of aliphatic hydroxyl groups excluding tert-OH is 1. The zero-order valence-electron chi connectivity index (χ0n) is 19.5. The van der Waals surface area contributed by atoms with E-state index in [0.29, 0.717) is 5.75 Å². The van der Waals surface area contributed by atoms with Crippen LogP contribution in [-0.4, -0.2) is 40.2 Å². The quantitative estimate of drug-likeness (QED) is 0.485. The van der Waals surface area contributed by atoms with Crippen LogP contribution >= 0.6 is 0 Å². The highest BCUT2D eigenvalue weighted by Gasteiger charge is 2.36. The standard InChI is InChI=1S/C25H31N3O4S/c1-5-20-6-8-21(9-7-20)16-28(17-22-10-12-23(32-4)13-11-22)33(30,31)19(3)24(29)25-26-14-18(2)15-27-25/h6-15,19,24,29H,5,16-17H2,1-4H3/t19-,24-/m1/s1. The normalized spacial score (nSPS) is 13.6. The number of sulfonamides is 1. The van der Waals surface area contributed by atoms with Gasteiger partial charge in [-0.05, 0) is 54.7 Å². The fourth-order valence-electron chi connectivity index (χ4n) is 3.42. The highest BCUT2D eigenvalue weighted by molar-refractivity contribution is 7.89. The first kappa shape index (κ1) is 24.8. The predicted molar refractivity (Wildman–Crippen MR) is 128 cm³/mol. The van der Waals surface area contributed by atoms with Gasteiger partial charge in [-0.15, -0.1) is 0 Å². The topological polar surface area (TPSA) is 92.6 Å². The Balaban J connectivity index is 1.91. The van der Waals surface area contributed by atoms with E-state index in [9.17, 15) is 13.5 Å². The molecular weight excluding hydrogens is 438 g/mol. The molecule has 3 rings (SSSR count). The summed E-state index contributed by atoms with van der Waals surface area (Å²) in [6.45, 7) is 5.74. The SMILES string of the molecule is CCc1ccc(CN(Cc2ccc(OC)cc2)S(=O)(=O)[C@H](C)[C@@H](O)c2ncc(C)cn2)cc1. The van der Waals surface area contributed by atoms with E-state index >= 15 is 0 Å². The number of benzene rings is 2. The van der Waals surface area contributed by atoms with Crippen molar-refractivity contribution < 1.29 is 18.3 Å². The van der Waals surface area contributed by atoms with Gasteiger partial charge >= 0.3 is 0 Å². The summed E-state index contributed by atoms with van der Waals surface area (Å²) in [5, 5.41) is 9.65. The third-order valence-electron chi connectivity index (χ3n) is 5.65. The third-order valence-corrected chi connectivity index (χ3v) is 7.82. The van der Waals surface area contributed by atoms with Crippen LogP contribution in [0.15, 0.2) is 60.9 Å². The van der Waals surface area contributed by atoms with Gasteiger partial charge in [0.1, 0.15) is 17.1 Å². The summed E-state index contributed by atoms with van der Waals surface area (Å²) in [7, 11) is -2.33. The maximum Gasteiger partial charge on any atom is 0.220 e. The van der Waals surface area contributed by atoms with E-state index in [-0.39, 0.29) is 18.9 Å². The van der Waals surface area contributed by atoms with Gasteiger partial charge in [-0.3, -0.25) is 0 Å². The summed E-state index contributed by atoms with van der Waals surface area (Å²) < 4.78 is 33.9. The number of nitrogens with zero attached hydrogens (tertiary/aromatic N) is 3. The Morgan fingerprint density at radius 3 is 1.91 bits per heavy atom. The zero-order chi connectivity index (χ0) is 24.0. The van der Waals surface area contributed by atoms with Crippen molar-refractivity contribution in [1.29, 1.82) is 0 Å². The van der Waals surface area contributed by atoms with Crippen LogP contribution < -0.4 is 4.74 Å². The summed E-state index contributed by atoms with van der Waals surface area (Å²) >= 11 is 0. The molecule has 1 aromatic heterocycles. The van der Waals surface area contributed by atoms with Crippen molar-refractivity contribution in [3.63, 3.8) is 0 Å². The maximum absolute atomic E-state index is 13.7. The lowest BCUT2D eigenvalue weighted by molar-refractivity contribution is 0.162. The average molecular weight is 470 g/mol. The third kappa shape index (κ3) is 6.16. The molecular formula is C25H31N3O4S. The largest absolute Gasteiger partial charge is 0.497 e. The van der Waals surface area contributed by atoms with E-state index in [0.717, 1.165) is 23.1 Å². The molecule has 8 heteroatoms. The minimum atomic E-state index is -3.91.